The molecule has 0 radical (unpaired) electrons. The van der Waals surface area contributed by atoms with E-state index < -0.39 is 0 Å². The van der Waals surface area contributed by atoms with E-state index in [0.717, 1.165) is 18.7 Å². The maximum Gasteiger partial charge on any atom is 0.253 e. The van der Waals surface area contributed by atoms with Crippen LogP contribution in [0.5, 0.6) is 0 Å². The summed E-state index contributed by atoms with van der Waals surface area (Å²) in [6.07, 6.45) is 0.945. The van der Waals surface area contributed by atoms with Crippen molar-refractivity contribution in [1.29, 1.82) is 0 Å². The van der Waals surface area contributed by atoms with Gasteiger partial charge in [-0.05, 0) is 46.1 Å². The second kappa shape index (κ2) is 7.01. The average molecular weight is 249 g/mol. The zero-order valence-electron chi connectivity index (χ0n) is 11.7. The first-order chi connectivity index (χ1) is 8.54. The Labute approximate surface area is 109 Å². The molecule has 0 aliphatic carbocycles. The van der Waals surface area contributed by atoms with Gasteiger partial charge >= 0.3 is 0 Å². The molecule has 1 amide bonds. The van der Waals surface area contributed by atoms with Crippen LogP contribution in [0, 0.1) is 0 Å². The SMILES string of the molecule is CNc1ccccc1C(=O)NC(C)CCN(C)C. The van der Waals surface area contributed by atoms with Gasteiger partial charge in [-0.3, -0.25) is 4.79 Å². The first-order valence-corrected chi connectivity index (χ1v) is 6.27. The summed E-state index contributed by atoms with van der Waals surface area (Å²) in [5.74, 6) is -0.0220. The molecule has 4 heteroatoms. The molecule has 0 bridgehead atoms. The van der Waals surface area contributed by atoms with Gasteiger partial charge in [-0.2, -0.15) is 0 Å². The number of carbonyl (C=O) groups is 1. The molecule has 0 aromatic heterocycles. The molecule has 1 aromatic rings. The third-order valence-electron chi connectivity index (χ3n) is 2.83. The van der Waals surface area contributed by atoms with E-state index in [1.807, 2.05) is 52.3 Å². The van der Waals surface area contributed by atoms with E-state index in [2.05, 4.69) is 15.5 Å². The third kappa shape index (κ3) is 4.37. The Bertz CT molecular complexity index is 390. The van der Waals surface area contributed by atoms with Gasteiger partial charge in [0.15, 0.2) is 0 Å². The van der Waals surface area contributed by atoms with E-state index in [1.54, 1.807) is 0 Å². The molecule has 0 aliphatic heterocycles. The normalized spacial score (nSPS) is 12.3. The zero-order valence-corrected chi connectivity index (χ0v) is 11.7. The van der Waals surface area contributed by atoms with Gasteiger partial charge in [-0.15, -0.1) is 0 Å². The largest absolute Gasteiger partial charge is 0.387 e. The lowest BCUT2D eigenvalue weighted by Crippen LogP contribution is -2.35. The fraction of sp³-hybridized carbons (Fsp3) is 0.500. The van der Waals surface area contributed by atoms with Gasteiger partial charge in [0.2, 0.25) is 0 Å². The number of benzene rings is 1. The van der Waals surface area contributed by atoms with Crippen LogP contribution in [-0.4, -0.2) is 44.5 Å². The molecule has 2 N–H and O–H groups in total. The van der Waals surface area contributed by atoms with Gasteiger partial charge in [0.05, 0.1) is 5.56 Å². The van der Waals surface area contributed by atoms with E-state index >= 15 is 0 Å². The summed E-state index contributed by atoms with van der Waals surface area (Å²) in [7, 11) is 5.89. The molecular weight excluding hydrogens is 226 g/mol. The quantitative estimate of drug-likeness (QED) is 0.808. The van der Waals surface area contributed by atoms with Crippen LogP contribution in [-0.2, 0) is 0 Å². The summed E-state index contributed by atoms with van der Waals surface area (Å²) in [4.78, 5) is 14.2. The summed E-state index contributed by atoms with van der Waals surface area (Å²) < 4.78 is 0. The topological polar surface area (TPSA) is 44.4 Å². The highest BCUT2D eigenvalue weighted by Crippen LogP contribution is 2.14. The number of nitrogens with zero attached hydrogens (tertiary/aromatic N) is 1. The number of nitrogens with one attached hydrogen (secondary N) is 2. The van der Waals surface area contributed by atoms with Crippen LogP contribution in [0.25, 0.3) is 0 Å². The number of hydrogen-bond acceptors (Lipinski definition) is 3. The van der Waals surface area contributed by atoms with E-state index in [0.29, 0.717) is 5.56 Å². The molecule has 100 valence electrons. The van der Waals surface area contributed by atoms with Gasteiger partial charge in [-0.25, -0.2) is 0 Å². The van der Waals surface area contributed by atoms with E-state index in [9.17, 15) is 4.79 Å². The van der Waals surface area contributed by atoms with Gasteiger partial charge in [0, 0.05) is 18.8 Å². The van der Waals surface area contributed by atoms with Crippen molar-refractivity contribution in [2.75, 3.05) is 33.0 Å². The van der Waals surface area contributed by atoms with Crippen molar-refractivity contribution in [3.8, 4) is 0 Å². The Morgan fingerprint density at radius 1 is 1.33 bits per heavy atom. The van der Waals surface area contributed by atoms with Crippen molar-refractivity contribution in [2.45, 2.75) is 19.4 Å². The van der Waals surface area contributed by atoms with Crippen LogP contribution in [0.4, 0.5) is 5.69 Å². The third-order valence-corrected chi connectivity index (χ3v) is 2.83. The number of amides is 1. The highest BCUT2D eigenvalue weighted by molar-refractivity contribution is 5.99. The second-order valence-electron chi connectivity index (χ2n) is 4.76. The van der Waals surface area contributed by atoms with Crippen molar-refractivity contribution in [2.24, 2.45) is 0 Å². The van der Waals surface area contributed by atoms with Gasteiger partial charge in [0.25, 0.3) is 5.91 Å². The van der Waals surface area contributed by atoms with E-state index in [1.165, 1.54) is 0 Å². The average Bonchev–Trinajstić information content (AvgIpc) is 2.36. The minimum atomic E-state index is -0.0220. The summed E-state index contributed by atoms with van der Waals surface area (Å²) in [5.41, 5.74) is 1.55. The fourth-order valence-corrected chi connectivity index (χ4v) is 1.72. The maximum atomic E-state index is 12.1. The van der Waals surface area contributed by atoms with Crippen molar-refractivity contribution in [3.05, 3.63) is 29.8 Å². The standard InChI is InChI=1S/C14H23N3O/c1-11(9-10-17(3)4)16-14(18)12-7-5-6-8-13(12)15-2/h5-8,11,15H,9-10H2,1-4H3,(H,16,18). The molecule has 0 saturated carbocycles. The van der Waals surface area contributed by atoms with Crippen LogP contribution in [0.2, 0.25) is 0 Å². The van der Waals surface area contributed by atoms with Crippen molar-refractivity contribution in [1.82, 2.24) is 10.2 Å². The van der Waals surface area contributed by atoms with Gasteiger partial charge in [-0.1, -0.05) is 12.1 Å². The molecule has 4 nitrogen and oxygen atoms in total. The first-order valence-electron chi connectivity index (χ1n) is 6.27. The van der Waals surface area contributed by atoms with Crippen LogP contribution in [0.3, 0.4) is 0 Å². The Kier molecular flexibility index (Phi) is 5.65. The van der Waals surface area contributed by atoms with Gasteiger partial charge < -0.3 is 15.5 Å². The highest BCUT2D eigenvalue weighted by Gasteiger charge is 2.12. The summed E-state index contributed by atoms with van der Waals surface area (Å²) in [6.45, 7) is 3.00. The Hall–Kier alpha value is -1.55. The number of carbonyl (C=O) groups excluding carboxylic acids is 1. The molecule has 0 saturated heterocycles. The fourth-order valence-electron chi connectivity index (χ4n) is 1.72. The molecule has 0 heterocycles. The Morgan fingerprint density at radius 2 is 2.00 bits per heavy atom. The molecule has 0 aliphatic rings. The molecule has 18 heavy (non-hydrogen) atoms. The number of rotatable bonds is 6. The summed E-state index contributed by atoms with van der Waals surface area (Å²) >= 11 is 0. The molecule has 1 aromatic carbocycles. The van der Waals surface area contributed by atoms with Crippen molar-refractivity contribution in [3.63, 3.8) is 0 Å². The number of para-hydroxylation sites is 1. The lowest BCUT2D eigenvalue weighted by Gasteiger charge is -2.17. The van der Waals surface area contributed by atoms with Crippen molar-refractivity contribution >= 4 is 11.6 Å². The van der Waals surface area contributed by atoms with Crippen LogP contribution < -0.4 is 10.6 Å². The van der Waals surface area contributed by atoms with Crippen LogP contribution in [0.15, 0.2) is 24.3 Å². The molecular formula is C14H23N3O. The van der Waals surface area contributed by atoms with Crippen molar-refractivity contribution < 1.29 is 4.79 Å². The first kappa shape index (κ1) is 14.5. The lowest BCUT2D eigenvalue weighted by molar-refractivity contribution is 0.0937. The van der Waals surface area contributed by atoms with E-state index in [4.69, 9.17) is 0 Å². The summed E-state index contributed by atoms with van der Waals surface area (Å²) in [6, 6.07) is 7.70. The Morgan fingerprint density at radius 3 is 2.61 bits per heavy atom. The van der Waals surface area contributed by atoms with Crippen LogP contribution >= 0.6 is 0 Å². The predicted octanol–water partition coefficient (Wildman–Crippen LogP) is 1.80. The lowest BCUT2D eigenvalue weighted by atomic mass is 10.1. The maximum absolute atomic E-state index is 12.1. The van der Waals surface area contributed by atoms with E-state index in [-0.39, 0.29) is 11.9 Å². The monoisotopic (exact) mass is 249 g/mol. The minimum Gasteiger partial charge on any atom is -0.387 e. The number of anilines is 1. The van der Waals surface area contributed by atoms with Crippen LogP contribution in [0.1, 0.15) is 23.7 Å². The number of hydrogen-bond donors (Lipinski definition) is 2. The molecule has 0 fully saturated rings. The zero-order chi connectivity index (χ0) is 13.5. The minimum absolute atomic E-state index is 0.0220. The molecule has 1 atom stereocenters. The molecule has 1 unspecified atom stereocenters. The predicted molar refractivity (Wildman–Crippen MR) is 76.1 cm³/mol. The second-order valence-corrected chi connectivity index (χ2v) is 4.76. The molecule has 0 spiro atoms. The molecule has 1 rings (SSSR count). The Balaban J connectivity index is 2.59. The highest BCUT2D eigenvalue weighted by atomic mass is 16.1. The van der Waals surface area contributed by atoms with Gasteiger partial charge in [0.1, 0.15) is 0 Å². The summed E-state index contributed by atoms with van der Waals surface area (Å²) in [5, 5.41) is 6.05. The smallest absolute Gasteiger partial charge is 0.253 e.